The Kier molecular flexibility index (Phi) is 6.94. The van der Waals surface area contributed by atoms with Crippen LogP contribution >= 0.6 is 0 Å². The van der Waals surface area contributed by atoms with E-state index in [0.29, 0.717) is 41.0 Å². The molecule has 0 radical (unpaired) electrons. The molecule has 2 fully saturated rings. The fraction of sp³-hybridized carbons (Fsp3) is 0.542. The summed E-state index contributed by atoms with van der Waals surface area (Å²) in [6.07, 6.45) is 8.15. The number of benzene rings is 1. The summed E-state index contributed by atoms with van der Waals surface area (Å²) in [6.45, 7) is 5.18. The average Bonchev–Trinajstić information content (AvgIpc) is 3.33. The highest BCUT2D eigenvalue weighted by molar-refractivity contribution is 5.63. The minimum atomic E-state index is 0.473. The van der Waals surface area contributed by atoms with Crippen molar-refractivity contribution < 1.29 is 9.47 Å². The Labute approximate surface area is 205 Å². The molecule has 4 heterocycles. The SMILES string of the molecule is COc1ccc(Nc2ncc(OC)c(NCC3CCCN4CCCCC34)n2)cc1-n1nnnc1C. The van der Waals surface area contributed by atoms with Gasteiger partial charge in [0.2, 0.25) is 5.95 Å². The highest BCUT2D eigenvalue weighted by Gasteiger charge is 2.32. The van der Waals surface area contributed by atoms with E-state index in [1.54, 1.807) is 25.1 Å². The van der Waals surface area contributed by atoms with Gasteiger partial charge in [-0.25, -0.2) is 4.98 Å². The van der Waals surface area contributed by atoms with Gasteiger partial charge in [-0.2, -0.15) is 9.67 Å². The molecule has 1 aromatic carbocycles. The summed E-state index contributed by atoms with van der Waals surface area (Å²) in [5.41, 5.74) is 1.51. The van der Waals surface area contributed by atoms with Gasteiger partial charge in [-0.3, -0.25) is 0 Å². The van der Waals surface area contributed by atoms with Crippen LogP contribution in [0.3, 0.4) is 0 Å². The Bertz CT molecular complexity index is 1150. The Morgan fingerprint density at radius 1 is 1.06 bits per heavy atom. The smallest absolute Gasteiger partial charge is 0.229 e. The molecule has 11 nitrogen and oxygen atoms in total. The van der Waals surface area contributed by atoms with Gasteiger partial charge in [-0.15, -0.1) is 5.10 Å². The molecule has 2 saturated heterocycles. The Hall–Kier alpha value is -3.47. The maximum Gasteiger partial charge on any atom is 0.229 e. The first kappa shape index (κ1) is 23.3. The molecule has 0 amide bonds. The minimum absolute atomic E-state index is 0.473. The van der Waals surface area contributed by atoms with Crippen LogP contribution in [0.4, 0.5) is 17.5 Å². The molecule has 2 N–H and O–H groups in total. The Morgan fingerprint density at radius 3 is 2.71 bits per heavy atom. The molecule has 0 aliphatic carbocycles. The minimum Gasteiger partial charge on any atom is -0.494 e. The van der Waals surface area contributed by atoms with Gasteiger partial charge in [0.15, 0.2) is 17.4 Å². The van der Waals surface area contributed by atoms with E-state index in [9.17, 15) is 0 Å². The van der Waals surface area contributed by atoms with Gasteiger partial charge in [0.25, 0.3) is 0 Å². The third kappa shape index (κ3) is 5.00. The number of aryl methyl sites for hydroxylation is 1. The Balaban J connectivity index is 1.33. The molecule has 186 valence electrons. The van der Waals surface area contributed by atoms with Gasteiger partial charge < -0.3 is 25.0 Å². The van der Waals surface area contributed by atoms with Crippen LogP contribution in [-0.4, -0.2) is 75.0 Å². The summed E-state index contributed by atoms with van der Waals surface area (Å²) in [4.78, 5) is 11.9. The maximum absolute atomic E-state index is 5.54. The van der Waals surface area contributed by atoms with Crippen molar-refractivity contribution in [3.63, 3.8) is 0 Å². The molecule has 2 atom stereocenters. The normalized spacial score (nSPS) is 20.2. The van der Waals surface area contributed by atoms with Crippen molar-refractivity contribution in [2.45, 2.75) is 45.1 Å². The average molecular weight is 480 g/mol. The molecule has 0 saturated carbocycles. The van der Waals surface area contributed by atoms with Crippen molar-refractivity contribution in [2.75, 3.05) is 44.5 Å². The quantitative estimate of drug-likeness (QED) is 0.499. The number of aromatic nitrogens is 6. The van der Waals surface area contributed by atoms with Crippen LogP contribution in [0, 0.1) is 12.8 Å². The van der Waals surface area contributed by atoms with Crippen molar-refractivity contribution in [2.24, 2.45) is 5.92 Å². The number of hydrogen-bond donors (Lipinski definition) is 2. The number of tetrazole rings is 1. The molecule has 3 aromatic rings. The van der Waals surface area contributed by atoms with Crippen LogP contribution in [-0.2, 0) is 0 Å². The zero-order chi connectivity index (χ0) is 24.2. The van der Waals surface area contributed by atoms with E-state index in [1.165, 1.54) is 45.2 Å². The molecule has 11 heteroatoms. The van der Waals surface area contributed by atoms with Gasteiger partial charge >= 0.3 is 0 Å². The number of rotatable bonds is 8. The molecule has 0 bridgehead atoms. The zero-order valence-electron chi connectivity index (χ0n) is 20.6. The van der Waals surface area contributed by atoms with Crippen molar-refractivity contribution >= 4 is 17.5 Å². The van der Waals surface area contributed by atoms with E-state index < -0.39 is 0 Å². The lowest BCUT2D eigenvalue weighted by molar-refractivity contribution is 0.0649. The lowest BCUT2D eigenvalue weighted by Crippen LogP contribution is -2.49. The highest BCUT2D eigenvalue weighted by atomic mass is 16.5. The van der Waals surface area contributed by atoms with E-state index in [4.69, 9.17) is 14.5 Å². The summed E-state index contributed by atoms with van der Waals surface area (Å²) in [7, 11) is 3.26. The van der Waals surface area contributed by atoms with E-state index in [0.717, 1.165) is 17.9 Å². The van der Waals surface area contributed by atoms with E-state index >= 15 is 0 Å². The predicted molar refractivity (Wildman–Crippen MR) is 133 cm³/mol. The lowest BCUT2D eigenvalue weighted by Gasteiger charge is -2.44. The summed E-state index contributed by atoms with van der Waals surface area (Å²) < 4.78 is 12.7. The molecule has 2 aromatic heterocycles. The molecule has 2 aliphatic rings. The van der Waals surface area contributed by atoms with Gasteiger partial charge in [-0.05, 0) is 80.2 Å². The molecule has 35 heavy (non-hydrogen) atoms. The van der Waals surface area contributed by atoms with Gasteiger partial charge in [0, 0.05) is 18.3 Å². The maximum atomic E-state index is 5.54. The lowest BCUT2D eigenvalue weighted by atomic mass is 9.83. The molecule has 2 unspecified atom stereocenters. The highest BCUT2D eigenvalue weighted by Crippen LogP contribution is 2.32. The van der Waals surface area contributed by atoms with Gasteiger partial charge in [-0.1, -0.05) is 6.42 Å². The number of piperidine rings is 2. The van der Waals surface area contributed by atoms with Crippen molar-refractivity contribution in [3.8, 4) is 17.2 Å². The standard InChI is InChI=1S/C24H33N9O2/c1-16-29-30-31-33(16)20-13-18(9-10-21(20)34-2)27-24-26-15-22(35-3)23(28-24)25-14-17-7-6-12-32-11-5-4-8-19(17)32/h9-10,13,15,17,19H,4-8,11-12,14H2,1-3H3,(H2,25,26,27,28). The molecule has 0 spiro atoms. The number of nitrogens with one attached hydrogen (secondary N) is 2. The number of nitrogens with zero attached hydrogens (tertiary/aromatic N) is 7. The van der Waals surface area contributed by atoms with Gasteiger partial charge in [0.05, 0.1) is 20.4 Å². The topological polar surface area (TPSA) is 115 Å². The summed E-state index contributed by atoms with van der Waals surface area (Å²) in [5.74, 6) is 3.74. The van der Waals surface area contributed by atoms with Gasteiger partial charge in [0.1, 0.15) is 11.4 Å². The molecular weight excluding hydrogens is 446 g/mol. The largest absolute Gasteiger partial charge is 0.494 e. The first-order valence-corrected chi connectivity index (χ1v) is 12.3. The fourth-order valence-corrected chi connectivity index (χ4v) is 5.27. The van der Waals surface area contributed by atoms with Crippen LogP contribution in [0.5, 0.6) is 11.5 Å². The van der Waals surface area contributed by atoms with Crippen LogP contribution in [0.2, 0.25) is 0 Å². The summed E-state index contributed by atoms with van der Waals surface area (Å²) in [6, 6.07) is 6.34. The number of fused-ring (bicyclic) bond motifs is 1. The number of ether oxygens (including phenoxy) is 2. The van der Waals surface area contributed by atoms with E-state index in [-0.39, 0.29) is 0 Å². The molecular formula is C24H33N9O2. The number of anilines is 3. The van der Waals surface area contributed by atoms with Crippen molar-refractivity contribution in [3.05, 3.63) is 30.2 Å². The summed E-state index contributed by atoms with van der Waals surface area (Å²) in [5, 5.41) is 18.6. The second kappa shape index (κ2) is 10.4. The number of hydrogen-bond acceptors (Lipinski definition) is 10. The third-order valence-electron chi connectivity index (χ3n) is 7.02. The Morgan fingerprint density at radius 2 is 1.91 bits per heavy atom. The first-order valence-electron chi connectivity index (χ1n) is 12.3. The predicted octanol–water partition coefficient (Wildman–Crippen LogP) is 3.20. The van der Waals surface area contributed by atoms with Crippen LogP contribution in [0.25, 0.3) is 5.69 Å². The second-order valence-corrected chi connectivity index (χ2v) is 9.14. The third-order valence-corrected chi connectivity index (χ3v) is 7.02. The second-order valence-electron chi connectivity index (χ2n) is 9.14. The summed E-state index contributed by atoms with van der Waals surface area (Å²) >= 11 is 0. The van der Waals surface area contributed by atoms with Crippen LogP contribution < -0.4 is 20.1 Å². The first-order chi connectivity index (χ1) is 17.2. The zero-order valence-corrected chi connectivity index (χ0v) is 20.6. The molecule has 2 aliphatic heterocycles. The fourth-order valence-electron chi connectivity index (χ4n) is 5.27. The number of methoxy groups -OCH3 is 2. The van der Waals surface area contributed by atoms with Crippen LogP contribution in [0.15, 0.2) is 24.4 Å². The molecule has 5 rings (SSSR count). The van der Waals surface area contributed by atoms with Crippen molar-refractivity contribution in [1.29, 1.82) is 0 Å². The van der Waals surface area contributed by atoms with Crippen LogP contribution in [0.1, 0.15) is 37.9 Å². The monoisotopic (exact) mass is 479 g/mol. The van der Waals surface area contributed by atoms with E-state index in [1.807, 2.05) is 25.1 Å². The van der Waals surface area contributed by atoms with Crippen molar-refractivity contribution in [1.82, 2.24) is 35.1 Å². The van der Waals surface area contributed by atoms with E-state index in [2.05, 4.69) is 36.0 Å².